The van der Waals surface area contributed by atoms with Gasteiger partial charge in [-0.3, -0.25) is 9.36 Å². The van der Waals surface area contributed by atoms with Crippen LogP contribution in [-0.2, 0) is 4.79 Å². The van der Waals surface area contributed by atoms with E-state index in [0.717, 1.165) is 29.1 Å². The summed E-state index contributed by atoms with van der Waals surface area (Å²) < 4.78 is 7.55. The first-order valence-electron chi connectivity index (χ1n) is 9.47. The molecule has 0 bridgehead atoms. The molecule has 2 atom stereocenters. The SMILES string of the molecule is CC[C@@H](C)NC(=O)CSc1nnc(-c2ccoc2C)n1[C@@H](C)c1ccccc1. The Hall–Kier alpha value is -2.54. The molecule has 0 saturated heterocycles. The van der Waals surface area contributed by atoms with Crippen LogP contribution in [0.1, 0.15) is 44.6 Å². The standard InChI is InChI=1S/C21H26N4O2S/c1-5-14(2)22-19(26)13-28-21-24-23-20(18-11-12-27-16(18)4)25(21)15(3)17-9-7-6-8-10-17/h6-12,14-15H,5,13H2,1-4H3,(H,22,26)/t14-,15+/m1/s1. The topological polar surface area (TPSA) is 73.0 Å². The maximum absolute atomic E-state index is 12.2. The van der Waals surface area contributed by atoms with Gasteiger partial charge in [0.15, 0.2) is 11.0 Å². The number of hydrogen-bond donors (Lipinski definition) is 1. The smallest absolute Gasteiger partial charge is 0.230 e. The third kappa shape index (κ3) is 4.47. The van der Waals surface area contributed by atoms with Crippen molar-refractivity contribution in [2.45, 2.75) is 51.4 Å². The third-order valence-corrected chi connectivity index (χ3v) is 5.73. The Labute approximate surface area is 169 Å². The molecule has 1 aromatic carbocycles. The predicted octanol–water partition coefficient (Wildman–Crippen LogP) is 4.46. The Morgan fingerprint density at radius 1 is 1.21 bits per heavy atom. The second kappa shape index (κ2) is 9.10. The number of nitrogens with zero attached hydrogens (tertiary/aromatic N) is 3. The summed E-state index contributed by atoms with van der Waals surface area (Å²) in [6.07, 6.45) is 2.56. The summed E-state index contributed by atoms with van der Waals surface area (Å²) in [5.41, 5.74) is 2.06. The van der Waals surface area contributed by atoms with Crippen LogP contribution >= 0.6 is 11.8 Å². The van der Waals surface area contributed by atoms with E-state index < -0.39 is 0 Å². The molecule has 28 heavy (non-hydrogen) atoms. The molecule has 0 aliphatic heterocycles. The second-order valence-corrected chi connectivity index (χ2v) is 7.76. The van der Waals surface area contributed by atoms with Gasteiger partial charge in [-0.05, 0) is 38.8 Å². The van der Waals surface area contributed by atoms with E-state index in [1.807, 2.05) is 38.1 Å². The highest BCUT2D eigenvalue weighted by molar-refractivity contribution is 7.99. The summed E-state index contributed by atoms with van der Waals surface area (Å²) >= 11 is 1.40. The first-order chi connectivity index (χ1) is 13.5. The van der Waals surface area contributed by atoms with Crippen LogP contribution in [0.4, 0.5) is 0 Å². The predicted molar refractivity (Wildman–Crippen MR) is 111 cm³/mol. The number of carbonyl (C=O) groups excluding carboxylic acids is 1. The summed E-state index contributed by atoms with van der Waals surface area (Å²) in [5.74, 6) is 1.84. The fourth-order valence-electron chi connectivity index (χ4n) is 2.95. The number of hydrogen-bond acceptors (Lipinski definition) is 5. The van der Waals surface area contributed by atoms with Crippen molar-refractivity contribution < 1.29 is 9.21 Å². The lowest BCUT2D eigenvalue weighted by molar-refractivity contribution is -0.119. The maximum Gasteiger partial charge on any atom is 0.230 e. The quantitative estimate of drug-likeness (QED) is 0.567. The molecule has 7 heteroatoms. The van der Waals surface area contributed by atoms with Crippen molar-refractivity contribution in [3.8, 4) is 11.4 Å². The van der Waals surface area contributed by atoms with E-state index in [2.05, 4.69) is 46.1 Å². The van der Waals surface area contributed by atoms with Crippen molar-refractivity contribution in [1.29, 1.82) is 0 Å². The average Bonchev–Trinajstić information content (AvgIpc) is 3.31. The van der Waals surface area contributed by atoms with Gasteiger partial charge in [0, 0.05) is 6.04 Å². The molecular weight excluding hydrogens is 372 g/mol. The van der Waals surface area contributed by atoms with Crippen molar-refractivity contribution in [2.24, 2.45) is 0 Å². The second-order valence-electron chi connectivity index (χ2n) is 6.82. The lowest BCUT2D eigenvalue weighted by atomic mass is 10.1. The number of carbonyl (C=O) groups is 1. The van der Waals surface area contributed by atoms with Gasteiger partial charge in [0.1, 0.15) is 5.76 Å². The van der Waals surface area contributed by atoms with Gasteiger partial charge in [0.05, 0.1) is 23.6 Å². The molecule has 6 nitrogen and oxygen atoms in total. The molecule has 0 aliphatic carbocycles. The first-order valence-corrected chi connectivity index (χ1v) is 10.5. The van der Waals surface area contributed by atoms with Gasteiger partial charge in [-0.1, -0.05) is 49.0 Å². The number of amides is 1. The summed E-state index contributed by atoms with van der Waals surface area (Å²) in [6.45, 7) is 8.08. The van der Waals surface area contributed by atoms with Crippen molar-refractivity contribution >= 4 is 17.7 Å². The van der Waals surface area contributed by atoms with E-state index in [0.29, 0.717) is 10.9 Å². The Bertz CT molecular complexity index is 920. The fraction of sp³-hybridized carbons (Fsp3) is 0.381. The van der Waals surface area contributed by atoms with Gasteiger partial charge in [-0.25, -0.2) is 0 Å². The molecular formula is C21H26N4O2S. The van der Waals surface area contributed by atoms with E-state index in [-0.39, 0.29) is 18.0 Å². The van der Waals surface area contributed by atoms with E-state index in [9.17, 15) is 4.79 Å². The normalized spacial score (nSPS) is 13.3. The number of aromatic nitrogens is 3. The van der Waals surface area contributed by atoms with Crippen LogP contribution in [-0.4, -0.2) is 32.5 Å². The summed E-state index contributed by atoms with van der Waals surface area (Å²) in [4.78, 5) is 12.2. The highest BCUT2D eigenvalue weighted by Crippen LogP contribution is 2.32. The van der Waals surface area contributed by atoms with E-state index >= 15 is 0 Å². The third-order valence-electron chi connectivity index (χ3n) is 4.79. The number of furan rings is 1. The van der Waals surface area contributed by atoms with Crippen molar-refractivity contribution in [1.82, 2.24) is 20.1 Å². The summed E-state index contributed by atoms with van der Waals surface area (Å²) in [7, 11) is 0. The van der Waals surface area contributed by atoms with Gasteiger partial charge in [0.2, 0.25) is 5.91 Å². The average molecular weight is 399 g/mol. The zero-order valence-electron chi connectivity index (χ0n) is 16.7. The Balaban J connectivity index is 1.91. The lowest BCUT2D eigenvalue weighted by Gasteiger charge is -2.18. The highest BCUT2D eigenvalue weighted by atomic mass is 32.2. The first kappa shape index (κ1) is 20.2. The molecule has 3 aromatic rings. The van der Waals surface area contributed by atoms with Gasteiger partial charge < -0.3 is 9.73 Å². The highest BCUT2D eigenvalue weighted by Gasteiger charge is 2.23. The van der Waals surface area contributed by atoms with Gasteiger partial charge >= 0.3 is 0 Å². The summed E-state index contributed by atoms with van der Waals surface area (Å²) in [6, 6.07) is 12.3. The van der Waals surface area contributed by atoms with Crippen molar-refractivity contribution in [3.63, 3.8) is 0 Å². The Morgan fingerprint density at radius 3 is 2.61 bits per heavy atom. The van der Waals surface area contributed by atoms with Crippen LogP contribution in [0, 0.1) is 6.92 Å². The van der Waals surface area contributed by atoms with Crippen molar-refractivity contribution in [3.05, 3.63) is 54.0 Å². The van der Waals surface area contributed by atoms with Crippen LogP contribution in [0.15, 0.2) is 52.2 Å². The number of benzene rings is 1. The minimum atomic E-state index is 0.00214. The van der Waals surface area contributed by atoms with Gasteiger partial charge in [-0.2, -0.15) is 0 Å². The molecule has 148 valence electrons. The molecule has 0 spiro atoms. The Kier molecular flexibility index (Phi) is 6.57. The van der Waals surface area contributed by atoms with E-state index in [4.69, 9.17) is 4.42 Å². The van der Waals surface area contributed by atoms with Crippen LogP contribution in [0.3, 0.4) is 0 Å². The molecule has 0 radical (unpaired) electrons. The van der Waals surface area contributed by atoms with E-state index in [1.165, 1.54) is 11.8 Å². The molecule has 1 amide bonds. The molecule has 2 heterocycles. The monoisotopic (exact) mass is 398 g/mol. The largest absolute Gasteiger partial charge is 0.469 e. The minimum Gasteiger partial charge on any atom is -0.469 e. The van der Waals surface area contributed by atoms with Crippen LogP contribution in [0.5, 0.6) is 0 Å². The van der Waals surface area contributed by atoms with Gasteiger partial charge in [-0.15, -0.1) is 10.2 Å². The molecule has 2 aromatic heterocycles. The van der Waals surface area contributed by atoms with Crippen LogP contribution in [0.25, 0.3) is 11.4 Å². The maximum atomic E-state index is 12.2. The Morgan fingerprint density at radius 2 is 1.96 bits per heavy atom. The number of thioether (sulfide) groups is 1. The molecule has 0 unspecified atom stereocenters. The van der Waals surface area contributed by atoms with Gasteiger partial charge in [0.25, 0.3) is 0 Å². The molecule has 0 fully saturated rings. The van der Waals surface area contributed by atoms with Crippen LogP contribution < -0.4 is 5.32 Å². The zero-order chi connectivity index (χ0) is 20.1. The van der Waals surface area contributed by atoms with E-state index in [1.54, 1.807) is 6.26 Å². The molecule has 1 N–H and O–H groups in total. The van der Waals surface area contributed by atoms with Crippen LogP contribution in [0.2, 0.25) is 0 Å². The fourth-order valence-corrected chi connectivity index (χ4v) is 3.78. The lowest BCUT2D eigenvalue weighted by Crippen LogP contribution is -2.33. The number of rotatable bonds is 8. The number of nitrogens with one attached hydrogen (secondary N) is 1. The minimum absolute atomic E-state index is 0.00214. The molecule has 0 aliphatic rings. The molecule has 0 saturated carbocycles. The molecule has 3 rings (SSSR count). The zero-order valence-corrected chi connectivity index (χ0v) is 17.5. The summed E-state index contributed by atoms with van der Waals surface area (Å²) in [5, 5.41) is 12.5. The number of aryl methyl sites for hydroxylation is 1. The van der Waals surface area contributed by atoms with Crippen molar-refractivity contribution in [2.75, 3.05) is 5.75 Å².